The first-order valence-corrected chi connectivity index (χ1v) is 8.10. The largest absolute Gasteiger partial charge is 0.345 e. The number of nitrogens with zero attached hydrogens (tertiary/aromatic N) is 3. The molecule has 1 fully saturated rings. The van der Waals surface area contributed by atoms with E-state index < -0.39 is 11.7 Å². The average molecular weight is 345 g/mol. The van der Waals surface area contributed by atoms with Gasteiger partial charge in [0, 0.05) is 13.0 Å². The lowest BCUT2D eigenvalue weighted by Crippen LogP contribution is -2.26. The zero-order valence-corrected chi connectivity index (χ0v) is 14.3. The lowest BCUT2D eigenvalue weighted by molar-refractivity contribution is -0.117. The molecule has 2 amide bonds. The number of halogens is 1. The Morgan fingerprint density at radius 2 is 2.08 bits per heavy atom. The van der Waals surface area contributed by atoms with E-state index >= 15 is 0 Å². The fourth-order valence-corrected chi connectivity index (χ4v) is 2.59. The summed E-state index contributed by atoms with van der Waals surface area (Å²) in [6.07, 6.45) is 0.833. The van der Waals surface area contributed by atoms with Gasteiger partial charge in [-0.25, -0.2) is 4.39 Å². The van der Waals surface area contributed by atoms with Crippen LogP contribution in [0.15, 0.2) is 18.2 Å². The highest BCUT2D eigenvalue weighted by molar-refractivity contribution is 6.04. The first-order chi connectivity index (χ1) is 11.9. The molecule has 1 aliphatic rings. The van der Waals surface area contributed by atoms with Crippen LogP contribution in [0.2, 0.25) is 0 Å². The molecule has 25 heavy (non-hydrogen) atoms. The molecule has 2 atom stereocenters. The van der Waals surface area contributed by atoms with Gasteiger partial charge in [-0.15, -0.1) is 10.2 Å². The van der Waals surface area contributed by atoms with E-state index in [0.717, 1.165) is 18.3 Å². The average Bonchev–Trinajstić information content (AvgIpc) is 3.23. The number of amides is 2. The van der Waals surface area contributed by atoms with Gasteiger partial charge in [-0.1, -0.05) is 6.92 Å². The first-order valence-electron chi connectivity index (χ1n) is 8.10. The van der Waals surface area contributed by atoms with Crippen molar-refractivity contribution in [1.29, 1.82) is 0 Å². The molecule has 2 N–H and O–H groups in total. The van der Waals surface area contributed by atoms with Crippen LogP contribution in [-0.2, 0) is 18.4 Å². The minimum absolute atomic E-state index is 0.0393. The molecular formula is C17H20FN5O2. The van der Waals surface area contributed by atoms with Gasteiger partial charge < -0.3 is 15.2 Å². The van der Waals surface area contributed by atoms with Crippen LogP contribution in [0.5, 0.6) is 0 Å². The van der Waals surface area contributed by atoms with Crippen LogP contribution in [0.3, 0.4) is 0 Å². The van der Waals surface area contributed by atoms with E-state index in [0.29, 0.717) is 17.4 Å². The van der Waals surface area contributed by atoms with Crippen LogP contribution in [0.4, 0.5) is 10.1 Å². The van der Waals surface area contributed by atoms with Crippen molar-refractivity contribution in [1.82, 2.24) is 20.1 Å². The van der Waals surface area contributed by atoms with Crippen molar-refractivity contribution in [2.45, 2.75) is 26.8 Å². The zero-order valence-electron chi connectivity index (χ0n) is 14.3. The number of benzene rings is 1. The predicted molar refractivity (Wildman–Crippen MR) is 89.2 cm³/mol. The highest BCUT2D eigenvalue weighted by Gasteiger charge is 2.39. The number of aromatic nitrogens is 3. The Bertz CT molecular complexity index is 832. The second kappa shape index (κ2) is 6.62. The minimum atomic E-state index is -0.544. The van der Waals surface area contributed by atoms with Gasteiger partial charge in [0.2, 0.25) is 5.91 Å². The van der Waals surface area contributed by atoms with E-state index in [1.807, 2.05) is 6.92 Å². The van der Waals surface area contributed by atoms with Gasteiger partial charge in [0.15, 0.2) is 5.82 Å². The van der Waals surface area contributed by atoms with Crippen LogP contribution in [-0.4, -0.2) is 26.6 Å². The summed E-state index contributed by atoms with van der Waals surface area (Å²) in [6.45, 7) is 3.95. The summed E-state index contributed by atoms with van der Waals surface area (Å²) in [5, 5.41) is 13.3. The number of nitrogens with one attached hydrogen (secondary N) is 2. The Balaban J connectivity index is 1.73. The third-order valence-corrected chi connectivity index (χ3v) is 4.52. The number of hydrogen-bond acceptors (Lipinski definition) is 4. The van der Waals surface area contributed by atoms with Gasteiger partial charge in [0.1, 0.15) is 11.6 Å². The topological polar surface area (TPSA) is 88.9 Å². The van der Waals surface area contributed by atoms with Crippen LogP contribution in [0, 0.1) is 24.6 Å². The molecule has 3 rings (SSSR count). The monoisotopic (exact) mass is 345 g/mol. The summed E-state index contributed by atoms with van der Waals surface area (Å²) >= 11 is 0. The van der Waals surface area contributed by atoms with Crippen LogP contribution < -0.4 is 10.6 Å². The fourth-order valence-electron chi connectivity index (χ4n) is 2.59. The molecular weight excluding hydrogens is 325 g/mol. The standard InChI is InChI=1S/C17H20FN5O2/c1-9-6-12(9)17(25)20-14-5-4-11(18)7-13(14)16(24)19-8-15-22-21-10(2)23(15)3/h4-5,7,9,12H,6,8H2,1-3H3,(H,19,24)(H,20,25)/t9-,12-/m0/s1. The molecule has 1 aromatic heterocycles. The highest BCUT2D eigenvalue weighted by Crippen LogP contribution is 2.38. The quantitative estimate of drug-likeness (QED) is 0.865. The zero-order chi connectivity index (χ0) is 18.1. The van der Waals surface area contributed by atoms with Crippen molar-refractivity contribution < 1.29 is 14.0 Å². The number of rotatable bonds is 5. The third-order valence-electron chi connectivity index (χ3n) is 4.52. The van der Waals surface area contributed by atoms with Gasteiger partial charge >= 0.3 is 0 Å². The Labute approximate surface area is 144 Å². The summed E-state index contributed by atoms with van der Waals surface area (Å²) in [6, 6.07) is 3.74. The van der Waals surface area contributed by atoms with E-state index in [2.05, 4.69) is 20.8 Å². The lowest BCUT2D eigenvalue weighted by Gasteiger charge is -2.12. The molecule has 0 unspecified atom stereocenters. The summed E-state index contributed by atoms with van der Waals surface area (Å²) in [7, 11) is 1.79. The maximum Gasteiger partial charge on any atom is 0.253 e. The van der Waals surface area contributed by atoms with Crippen LogP contribution >= 0.6 is 0 Å². The molecule has 0 aliphatic heterocycles. The van der Waals surface area contributed by atoms with Crippen LogP contribution in [0.25, 0.3) is 0 Å². The van der Waals surface area contributed by atoms with Crippen molar-refractivity contribution in [2.75, 3.05) is 5.32 Å². The molecule has 7 nitrogen and oxygen atoms in total. The second-order valence-corrected chi connectivity index (χ2v) is 6.40. The van der Waals surface area contributed by atoms with Gasteiger partial charge in [-0.3, -0.25) is 9.59 Å². The molecule has 0 saturated heterocycles. The smallest absolute Gasteiger partial charge is 0.253 e. The molecule has 132 valence electrons. The molecule has 0 bridgehead atoms. The summed E-state index contributed by atoms with van der Waals surface area (Å²) < 4.78 is 15.3. The van der Waals surface area contributed by atoms with Crippen LogP contribution in [0.1, 0.15) is 35.4 Å². The number of carbonyl (C=O) groups excluding carboxylic acids is 2. The Morgan fingerprint density at radius 3 is 2.68 bits per heavy atom. The van der Waals surface area contributed by atoms with E-state index in [9.17, 15) is 14.0 Å². The van der Waals surface area contributed by atoms with Gasteiger partial charge in [0.05, 0.1) is 17.8 Å². The number of anilines is 1. The highest BCUT2D eigenvalue weighted by atomic mass is 19.1. The molecule has 1 heterocycles. The first kappa shape index (κ1) is 17.1. The summed E-state index contributed by atoms with van der Waals surface area (Å²) in [5.41, 5.74) is 0.387. The predicted octanol–water partition coefficient (Wildman–Crippen LogP) is 1.79. The summed E-state index contributed by atoms with van der Waals surface area (Å²) in [4.78, 5) is 24.6. The molecule has 1 aliphatic carbocycles. The van der Waals surface area contributed by atoms with E-state index in [-0.39, 0.29) is 23.9 Å². The molecule has 1 aromatic carbocycles. The Kier molecular flexibility index (Phi) is 4.52. The van der Waals surface area contributed by atoms with E-state index in [4.69, 9.17) is 0 Å². The normalized spacial score (nSPS) is 18.7. The van der Waals surface area contributed by atoms with E-state index in [1.165, 1.54) is 12.1 Å². The maximum absolute atomic E-state index is 13.6. The SMILES string of the molecule is Cc1nnc(CNC(=O)c2cc(F)ccc2NC(=O)[C@H]2C[C@@H]2C)n1C. The summed E-state index contributed by atoms with van der Waals surface area (Å²) in [5.74, 6) is 0.439. The number of aryl methyl sites for hydroxylation is 1. The third kappa shape index (κ3) is 3.67. The van der Waals surface area contributed by atoms with Crippen molar-refractivity contribution in [3.63, 3.8) is 0 Å². The van der Waals surface area contributed by atoms with Crippen molar-refractivity contribution in [2.24, 2.45) is 18.9 Å². The molecule has 8 heteroatoms. The van der Waals surface area contributed by atoms with E-state index in [1.54, 1.807) is 18.5 Å². The lowest BCUT2D eigenvalue weighted by atomic mass is 10.1. The molecule has 0 radical (unpaired) electrons. The number of hydrogen-bond donors (Lipinski definition) is 2. The van der Waals surface area contributed by atoms with Gasteiger partial charge in [0.25, 0.3) is 5.91 Å². The fraction of sp³-hybridized carbons (Fsp3) is 0.412. The minimum Gasteiger partial charge on any atom is -0.345 e. The Hall–Kier alpha value is -2.77. The van der Waals surface area contributed by atoms with Crippen molar-refractivity contribution in [3.05, 3.63) is 41.2 Å². The van der Waals surface area contributed by atoms with Gasteiger partial charge in [-0.2, -0.15) is 0 Å². The van der Waals surface area contributed by atoms with Crippen molar-refractivity contribution >= 4 is 17.5 Å². The number of carbonyl (C=O) groups is 2. The van der Waals surface area contributed by atoms with Gasteiger partial charge in [-0.05, 0) is 37.5 Å². The maximum atomic E-state index is 13.6. The molecule has 2 aromatic rings. The van der Waals surface area contributed by atoms with Crippen molar-refractivity contribution in [3.8, 4) is 0 Å². The molecule has 1 saturated carbocycles. The second-order valence-electron chi connectivity index (χ2n) is 6.40. The Morgan fingerprint density at radius 1 is 1.36 bits per heavy atom. The molecule has 0 spiro atoms.